The van der Waals surface area contributed by atoms with E-state index in [0.29, 0.717) is 0 Å². The van der Waals surface area contributed by atoms with Crippen LogP contribution in [0.1, 0.15) is 10.4 Å². The van der Waals surface area contributed by atoms with E-state index in [1.165, 1.54) is 24.3 Å². The molecule has 8 heteroatoms. The topological polar surface area (TPSA) is 75.2 Å². The first kappa shape index (κ1) is 17.6. The summed E-state index contributed by atoms with van der Waals surface area (Å²) in [4.78, 5) is 24.0. The number of halogens is 1. The number of hydrazine groups is 1. The van der Waals surface area contributed by atoms with E-state index >= 15 is 0 Å². The quantitative estimate of drug-likeness (QED) is 0.488. The molecule has 0 spiro atoms. The Morgan fingerprint density at radius 3 is 2.50 bits per heavy atom. The van der Waals surface area contributed by atoms with Crippen molar-refractivity contribution in [1.29, 1.82) is 0 Å². The van der Waals surface area contributed by atoms with Gasteiger partial charge in [-0.15, -0.1) is 0 Å². The number of hydrogen-bond donors (Lipinski definition) is 3. The van der Waals surface area contributed by atoms with Crippen LogP contribution in [-0.4, -0.2) is 21.5 Å². The lowest BCUT2D eigenvalue weighted by molar-refractivity contribution is -0.122. The Morgan fingerprint density at radius 2 is 1.73 bits per heavy atom. The summed E-state index contributed by atoms with van der Waals surface area (Å²) in [5.74, 6) is -1.27. The number of hydrogen-bond acceptors (Lipinski definition) is 3. The molecule has 0 bridgehead atoms. The maximum absolute atomic E-state index is 12.9. The number of rotatable bonds is 3. The Balaban J connectivity index is 1.50. The molecule has 6 nitrogen and oxygen atoms in total. The van der Waals surface area contributed by atoms with Gasteiger partial charge < -0.3 is 4.57 Å². The van der Waals surface area contributed by atoms with E-state index in [2.05, 4.69) is 16.2 Å². The number of nitrogens with one attached hydrogen (secondary N) is 3. The number of amides is 2. The second kappa shape index (κ2) is 7.75. The SMILES string of the molecule is O=C(Cn1ccc2ccccc21)NNC(=S)NC(=O)c1ccc(F)cc1. The number of carbonyl (C=O) groups is 2. The minimum Gasteiger partial charge on any atom is -0.338 e. The van der Waals surface area contributed by atoms with Crippen LogP contribution >= 0.6 is 12.2 Å². The van der Waals surface area contributed by atoms with Gasteiger partial charge in [0.05, 0.1) is 0 Å². The molecule has 2 aromatic carbocycles. The Kier molecular flexibility index (Phi) is 5.23. The van der Waals surface area contributed by atoms with Crippen molar-refractivity contribution in [2.45, 2.75) is 6.54 Å². The van der Waals surface area contributed by atoms with Crippen molar-refractivity contribution < 1.29 is 14.0 Å². The van der Waals surface area contributed by atoms with Crippen molar-refractivity contribution in [3.05, 3.63) is 72.2 Å². The van der Waals surface area contributed by atoms with Crippen LogP contribution in [0.2, 0.25) is 0 Å². The molecule has 26 heavy (non-hydrogen) atoms. The molecule has 0 unspecified atom stereocenters. The fourth-order valence-corrected chi connectivity index (χ4v) is 2.55. The molecule has 3 rings (SSSR count). The standard InChI is InChI=1S/C18H15FN4O2S/c19-14-7-5-13(6-8-14)17(25)20-18(26)22-21-16(24)11-23-10-9-12-3-1-2-4-15(12)23/h1-10H,11H2,(H,21,24)(H2,20,22,25,26). The molecular weight excluding hydrogens is 355 g/mol. The second-order valence-electron chi connectivity index (χ2n) is 5.47. The van der Waals surface area contributed by atoms with Gasteiger partial charge in [-0.3, -0.25) is 25.8 Å². The van der Waals surface area contributed by atoms with Crippen LogP contribution < -0.4 is 16.2 Å². The van der Waals surface area contributed by atoms with Crippen LogP contribution in [0.15, 0.2) is 60.8 Å². The molecule has 132 valence electrons. The van der Waals surface area contributed by atoms with Gasteiger partial charge in [-0.05, 0) is 54.0 Å². The van der Waals surface area contributed by atoms with Crippen molar-refractivity contribution in [2.75, 3.05) is 0 Å². The van der Waals surface area contributed by atoms with E-state index in [1.807, 2.05) is 36.5 Å². The van der Waals surface area contributed by atoms with Crippen molar-refractivity contribution in [2.24, 2.45) is 0 Å². The predicted molar refractivity (Wildman–Crippen MR) is 99.7 cm³/mol. The Bertz CT molecular complexity index is 969. The molecule has 0 aliphatic rings. The molecule has 0 aliphatic heterocycles. The zero-order valence-corrected chi connectivity index (χ0v) is 14.3. The van der Waals surface area contributed by atoms with Crippen LogP contribution in [0.3, 0.4) is 0 Å². The summed E-state index contributed by atoms with van der Waals surface area (Å²) in [5, 5.41) is 3.37. The van der Waals surface area contributed by atoms with E-state index in [0.717, 1.165) is 10.9 Å². The summed E-state index contributed by atoms with van der Waals surface area (Å²) in [6.07, 6.45) is 1.82. The van der Waals surface area contributed by atoms with Crippen LogP contribution in [0, 0.1) is 5.82 Å². The highest BCUT2D eigenvalue weighted by atomic mass is 32.1. The number of para-hydroxylation sites is 1. The number of aromatic nitrogens is 1. The largest absolute Gasteiger partial charge is 0.338 e. The molecule has 0 saturated carbocycles. The van der Waals surface area contributed by atoms with E-state index in [4.69, 9.17) is 12.2 Å². The smallest absolute Gasteiger partial charge is 0.258 e. The summed E-state index contributed by atoms with van der Waals surface area (Å²) in [6, 6.07) is 14.6. The minimum atomic E-state index is -0.506. The van der Waals surface area contributed by atoms with Crippen LogP contribution in [0.5, 0.6) is 0 Å². The maximum atomic E-state index is 12.9. The molecule has 3 aromatic rings. The number of benzene rings is 2. The van der Waals surface area contributed by atoms with Gasteiger partial charge in [0.1, 0.15) is 12.4 Å². The van der Waals surface area contributed by atoms with E-state index in [9.17, 15) is 14.0 Å². The van der Waals surface area contributed by atoms with Gasteiger partial charge in [0.15, 0.2) is 5.11 Å². The van der Waals surface area contributed by atoms with E-state index < -0.39 is 11.7 Å². The third-order valence-electron chi connectivity index (χ3n) is 3.64. The van der Waals surface area contributed by atoms with Crippen molar-refractivity contribution >= 4 is 40.0 Å². The lowest BCUT2D eigenvalue weighted by atomic mass is 10.2. The van der Waals surface area contributed by atoms with Gasteiger partial charge in [-0.25, -0.2) is 4.39 Å². The Labute approximate surface area is 154 Å². The van der Waals surface area contributed by atoms with Gasteiger partial charge in [-0.2, -0.15) is 0 Å². The van der Waals surface area contributed by atoms with Crippen molar-refractivity contribution in [1.82, 2.24) is 20.7 Å². The summed E-state index contributed by atoms with van der Waals surface area (Å²) >= 11 is 4.96. The molecule has 0 radical (unpaired) electrons. The van der Waals surface area contributed by atoms with E-state index in [1.54, 1.807) is 4.57 Å². The molecular formula is C18H15FN4O2S. The minimum absolute atomic E-state index is 0.0648. The molecule has 0 fully saturated rings. The third kappa shape index (κ3) is 4.22. The molecule has 3 N–H and O–H groups in total. The summed E-state index contributed by atoms with van der Waals surface area (Å²) < 4.78 is 14.7. The van der Waals surface area contributed by atoms with Crippen LogP contribution in [-0.2, 0) is 11.3 Å². The third-order valence-corrected chi connectivity index (χ3v) is 3.85. The average molecular weight is 370 g/mol. The maximum Gasteiger partial charge on any atom is 0.258 e. The Hall–Kier alpha value is -3.26. The normalized spacial score (nSPS) is 10.3. The molecule has 2 amide bonds. The summed E-state index contributed by atoms with van der Waals surface area (Å²) in [5.41, 5.74) is 6.08. The first-order valence-corrected chi connectivity index (χ1v) is 8.13. The zero-order valence-electron chi connectivity index (χ0n) is 13.5. The number of carbonyl (C=O) groups excluding carboxylic acids is 2. The van der Waals surface area contributed by atoms with Crippen molar-refractivity contribution in [3.63, 3.8) is 0 Å². The molecule has 0 atom stereocenters. The number of thiocarbonyl (C=S) groups is 1. The molecule has 1 aromatic heterocycles. The first-order valence-electron chi connectivity index (χ1n) is 7.72. The number of fused-ring (bicyclic) bond motifs is 1. The Morgan fingerprint density at radius 1 is 1.00 bits per heavy atom. The van der Waals surface area contributed by atoms with E-state index in [-0.39, 0.29) is 23.1 Å². The highest BCUT2D eigenvalue weighted by molar-refractivity contribution is 7.80. The first-order chi connectivity index (χ1) is 12.5. The van der Waals surface area contributed by atoms with Gasteiger partial charge in [0, 0.05) is 17.3 Å². The summed E-state index contributed by atoms with van der Waals surface area (Å²) in [7, 11) is 0. The van der Waals surface area contributed by atoms with Crippen LogP contribution in [0.25, 0.3) is 10.9 Å². The molecule has 1 heterocycles. The zero-order chi connectivity index (χ0) is 18.5. The molecule has 0 aliphatic carbocycles. The highest BCUT2D eigenvalue weighted by Gasteiger charge is 2.09. The fraction of sp³-hybridized carbons (Fsp3) is 0.0556. The number of nitrogens with zero attached hydrogens (tertiary/aromatic N) is 1. The van der Waals surface area contributed by atoms with Gasteiger partial charge in [0.25, 0.3) is 11.8 Å². The van der Waals surface area contributed by atoms with Crippen LogP contribution in [0.4, 0.5) is 4.39 Å². The van der Waals surface area contributed by atoms with Gasteiger partial charge in [0.2, 0.25) is 0 Å². The lowest BCUT2D eigenvalue weighted by Crippen LogP contribution is -2.49. The van der Waals surface area contributed by atoms with Gasteiger partial charge in [-0.1, -0.05) is 18.2 Å². The lowest BCUT2D eigenvalue weighted by Gasteiger charge is -2.11. The fourth-order valence-electron chi connectivity index (χ4n) is 2.41. The molecule has 0 saturated heterocycles. The average Bonchev–Trinajstić information content (AvgIpc) is 3.03. The van der Waals surface area contributed by atoms with Gasteiger partial charge >= 0.3 is 0 Å². The van der Waals surface area contributed by atoms with Crippen molar-refractivity contribution in [3.8, 4) is 0 Å². The second-order valence-corrected chi connectivity index (χ2v) is 5.87. The summed E-state index contributed by atoms with van der Waals surface area (Å²) in [6.45, 7) is 0.0923. The predicted octanol–water partition coefficient (Wildman–Crippen LogP) is 2.12. The monoisotopic (exact) mass is 370 g/mol. The highest BCUT2D eigenvalue weighted by Crippen LogP contribution is 2.14.